The number of hydrogen-bond acceptors (Lipinski definition) is 5. The fraction of sp³-hybridized carbons (Fsp3) is 0.357. The fourth-order valence-electron chi connectivity index (χ4n) is 2.20. The van der Waals surface area contributed by atoms with Gasteiger partial charge in [0.1, 0.15) is 6.33 Å². The Bertz CT molecular complexity index is 624. The van der Waals surface area contributed by atoms with Crippen LogP contribution in [0.15, 0.2) is 40.6 Å². The molecule has 22 heavy (non-hydrogen) atoms. The monoisotopic (exact) mass is 339 g/mol. The van der Waals surface area contributed by atoms with Gasteiger partial charge in [-0.05, 0) is 49.0 Å². The molecule has 1 aromatic heterocycles. The third-order valence-electron chi connectivity index (χ3n) is 3.43. The minimum Gasteiger partial charge on any atom is -0.326 e. The Kier molecular flexibility index (Phi) is 5.82. The number of nitrogens with zero attached hydrogens (tertiary/aromatic N) is 3. The van der Waals surface area contributed by atoms with Gasteiger partial charge in [-0.3, -0.25) is 4.79 Å². The molecular formula is C14H18ClN5OS. The lowest BCUT2D eigenvalue weighted by Crippen LogP contribution is -2.24. The summed E-state index contributed by atoms with van der Waals surface area (Å²) in [5.74, 6) is 0.173. The van der Waals surface area contributed by atoms with Crippen molar-refractivity contribution in [1.82, 2.24) is 20.1 Å². The van der Waals surface area contributed by atoms with Crippen LogP contribution >= 0.6 is 24.2 Å². The summed E-state index contributed by atoms with van der Waals surface area (Å²) in [6.45, 7) is 1.69. The highest BCUT2D eigenvalue weighted by atomic mass is 35.5. The van der Waals surface area contributed by atoms with Crippen LogP contribution < -0.4 is 10.6 Å². The van der Waals surface area contributed by atoms with E-state index >= 15 is 0 Å². The summed E-state index contributed by atoms with van der Waals surface area (Å²) in [5.41, 5.74) is 0.828. The molecule has 8 heteroatoms. The predicted octanol–water partition coefficient (Wildman–Crippen LogP) is 1.94. The highest BCUT2D eigenvalue weighted by molar-refractivity contribution is 7.99. The van der Waals surface area contributed by atoms with Crippen molar-refractivity contribution in [2.24, 2.45) is 13.0 Å². The van der Waals surface area contributed by atoms with Gasteiger partial charge in [0.05, 0.1) is 5.92 Å². The van der Waals surface area contributed by atoms with Crippen molar-refractivity contribution in [3.8, 4) is 0 Å². The topological polar surface area (TPSA) is 71.8 Å². The van der Waals surface area contributed by atoms with Gasteiger partial charge in [-0.25, -0.2) is 0 Å². The molecule has 1 aliphatic heterocycles. The Morgan fingerprint density at radius 2 is 2.18 bits per heavy atom. The first-order chi connectivity index (χ1) is 10.2. The summed E-state index contributed by atoms with van der Waals surface area (Å²) >= 11 is 1.54. The van der Waals surface area contributed by atoms with Gasteiger partial charge in [0.2, 0.25) is 5.91 Å². The van der Waals surface area contributed by atoms with Crippen LogP contribution in [0.3, 0.4) is 0 Å². The van der Waals surface area contributed by atoms with E-state index in [2.05, 4.69) is 20.8 Å². The zero-order valence-electron chi connectivity index (χ0n) is 12.2. The van der Waals surface area contributed by atoms with E-state index in [4.69, 9.17) is 0 Å². The highest BCUT2D eigenvalue weighted by Crippen LogP contribution is 2.26. The van der Waals surface area contributed by atoms with Crippen LogP contribution in [-0.4, -0.2) is 33.8 Å². The molecule has 0 bridgehead atoms. The van der Waals surface area contributed by atoms with Crippen LogP contribution in [0.25, 0.3) is 0 Å². The van der Waals surface area contributed by atoms with E-state index < -0.39 is 0 Å². The van der Waals surface area contributed by atoms with Crippen molar-refractivity contribution < 1.29 is 4.79 Å². The Labute approximate surface area is 139 Å². The van der Waals surface area contributed by atoms with E-state index in [1.165, 1.54) is 0 Å². The first-order valence-corrected chi connectivity index (χ1v) is 7.67. The van der Waals surface area contributed by atoms with Crippen LogP contribution in [-0.2, 0) is 11.8 Å². The lowest BCUT2D eigenvalue weighted by Gasteiger charge is -2.10. The summed E-state index contributed by atoms with van der Waals surface area (Å²) in [6.07, 6.45) is 2.58. The molecule has 1 aromatic carbocycles. The molecule has 2 N–H and O–H groups in total. The van der Waals surface area contributed by atoms with Crippen molar-refractivity contribution in [1.29, 1.82) is 0 Å². The number of halogens is 1. The largest absolute Gasteiger partial charge is 0.326 e. The first-order valence-electron chi connectivity index (χ1n) is 6.86. The van der Waals surface area contributed by atoms with Crippen molar-refractivity contribution in [3.05, 3.63) is 30.6 Å². The second kappa shape index (κ2) is 7.62. The van der Waals surface area contributed by atoms with Crippen molar-refractivity contribution in [3.63, 3.8) is 0 Å². The molecule has 0 aliphatic carbocycles. The number of hydrogen-bond donors (Lipinski definition) is 2. The standard InChI is InChI=1S/C14H17N5OS.ClH/c1-19-9-16-18-14(19)21-12-4-2-11(3-5-12)17-13(20)10-6-7-15-8-10;/h2-5,9-10,15H,6-8H2,1H3,(H,17,20);1H. The first kappa shape index (κ1) is 16.8. The summed E-state index contributed by atoms with van der Waals surface area (Å²) in [5, 5.41) is 14.9. The zero-order chi connectivity index (χ0) is 14.7. The minimum absolute atomic E-state index is 0. The number of carbonyl (C=O) groups is 1. The number of aromatic nitrogens is 3. The minimum atomic E-state index is 0. The van der Waals surface area contributed by atoms with E-state index in [1.54, 1.807) is 18.1 Å². The van der Waals surface area contributed by atoms with E-state index in [-0.39, 0.29) is 24.2 Å². The molecule has 2 heterocycles. The summed E-state index contributed by atoms with van der Waals surface area (Å²) in [4.78, 5) is 13.1. The van der Waals surface area contributed by atoms with E-state index in [9.17, 15) is 4.79 Å². The molecule has 6 nitrogen and oxygen atoms in total. The maximum atomic E-state index is 12.0. The van der Waals surface area contributed by atoms with E-state index in [0.29, 0.717) is 0 Å². The number of rotatable bonds is 4. The third kappa shape index (κ3) is 4.00. The Morgan fingerprint density at radius 3 is 2.77 bits per heavy atom. The zero-order valence-corrected chi connectivity index (χ0v) is 13.8. The summed E-state index contributed by atoms with van der Waals surface area (Å²) in [6, 6.07) is 7.78. The molecule has 1 aliphatic rings. The molecule has 1 atom stereocenters. The smallest absolute Gasteiger partial charge is 0.228 e. The van der Waals surface area contributed by atoms with Crippen molar-refractivity contribution >= 4 is 35.8 Å². The average molecular weight is 340 g/mol. The van der Waals surface area contributed by atoms with Crippen LogP contribution in [0.4, 0.5) is 5.69 Å². The predicted molar refractivity (Wildman–Crippen MR) is 88.4 cm³/mol. The average Bonchev–Trinajstić information content (AvgIpc) is 3.14. The van der Waals surface area contributed by atoms with Gasteiger partial charge < -0.3 is 15.2 Å². The normalized spacial score (nSPS) is 17.0. The van der Waals surface area contributed by atoms with Crippen molar-refractivity contribution in [2.45, 2.75) is 16.5 Å². The van der Waals surface area contributed by atoms with Crippen LogP contribution in [0.2, 0.25) is 0 Å². The number of benzene rings is 1. The number of nitrogens with one attached hydrogen (secondary N) is 2. The fourth-order valence-corrected chi connectivity index (χ4v) is 2.96. The Morgan fingerprint density at radius 1 is 1.41 bits per heavy atom. The number of amides is 1. The van der Waals surface area contributed by atoms with Gasteiger partial charge in [0, 0.05) is 24.2 Å². The number of aryl methyl sites for hydroxylation is 1. The molecule has 118 valence electrons. The van der Waals surface area contributed by atoms with Crippen LogP contribution in [0, 0.1) is 5.92 Å². The molecule has 1 fully saturated rings. The molecule has 0 saturated carbocycles. The van der Waals surface area contributed by atoms with Crippen molar-refractivity contribution in [2.75, 3.05) is 18.4 Å². The Hall–Kier alpha value is -1.57. The summed E-state index contributed by atoms with van der Waals surface area (Å²) in [7, 11) is 1.91. The van der Waals surface area contributed by atoms with Crippen LogP contribution in [0.5, 0.6) is 0 Å². The molecule has 1 saturated heterocycles. The second-order valence-corrected chi connectivity index (χ2v) is 6.07. The maximum absolute atomic E-state index is 12.0. The number of carbonyl (C=O) groups excluding carboxylic acids is 1. The second-order valence-electron chi connectivity index (χ2n) is 5.03. The molecule has 1 amide bonds. The van der Waals surface area contributed by atoms with E-state index in [0.717, 1.165) is 35.2 Å². The molecular weight excluding hydrogens is 322 g/mol. The van der Waals surface area contributed by atoms with E-state index in [1.807, 2.05) is 35.9 Å². The van der Waals surface area contributed by atoms with Gasteiger partial charge in [-0.15, -0.1) is 22.6 Å². The quantitative estimate of drug-likeness (QED) is 0.890. The SMILES string of the molecule is Cl.Cn1cnnc1Sc1ccc(NC(=O)C2CCNC2)cc1. The Balaban J connectivity index is 0.00000176. The van der Waals surface area contributed by atoms with Gasteiger partial charge in [-0.1, -0.05) is 0 Å². The molecule has 0 radical (unpaired) electrons. The molecule has 3 rings (SSSR count). The highest BCUT2D eigenvalue weighted by Gasteiger charge is 2.22. The van der Waals surface area contributed by atoms with Gasteiger partial charge >= 0.3 is 0 Å². The molecule has 1 unspecified atom stereocenters. The third-order valence-corrected chi connectivity index (χ3v) is 4.49. The lowest BCUT2D eigenvalue weighted by molar-refractivity contribution is -0.119. The van der Waals surface area contributed by atoms with Gasteiger partial charge in [-0.2, -0.15) is 0 Å². The molecule has 2 aromatic rings. The number of anilines is 1. The van der Waals surface area contributed by atoms with Crippen LogP contribution in [0.1, 0.15) is 6.42 Å². The summed E-state index contributed by atoms with van der Waals surface area (Å²) < 4.78 is 1.87. The van der Waals surface area contributed by atoms with Gasteiger partial charge in [0.25, 0.3) is 0 Å². The molecule has 0 spiro atoms. The van der Waals surface area contributed by atoms with Gasteiger partial charge in [0.15, 0.2) is 5.16 Å². The maximum Gasteiger partial charge on any atom is 0.228 e. The lowest BCUT2D eigenvalue weighted by atomic mass is 10.1.